The molecule has 29 heavy (non-hydrogen) atoms. The zero-order valence-electron chi connectivity index (χ0n) is 16.7. The highest BCUT2D eigenvalue weighted by Crippen LogP contribution is 2.27. The number of aromatic nitrogens is 2. The van der Waals surface area contributed by atoms with Crippen molar-refractivity contribution in [3.63, 3.8) is 0 Å². The highest BCUT2D eigenvalue weighted by Gasteiger charge is 2.17. The molecule has 1 heterocycles. The number of hydrogen-bond acceptors (Lipinski definition) is 3. The van der Waals surface area contributed by atoms with Crippen LogP contribution in [0.25, 0.3) is 11.0 Å². The number of carbonyl (C=O) groups is 1. The molecule has 3 aromatic rings. The van der Waals surface area contributed by atoms with Crippen molar-refractivity contribution in [3.05, 3.63) is 59.4 Å². The van der Waals surface area contributed by atoms with Crippen LogP contribution in [0, 0.1) is 5.82 Å². The third-order valence-corrected chi connectivity index (χ3v) is 6.67. The predicted octanol–water partition coefficient (Wildman–Crippen LogP) is 5.46. The number of rotatable bonds is 5. The van der Waals surface area contributed by atoms with Gasteiger partial charge in [0.25, 0.3) is 5.91 Å². The van der Waals surface area contributed by atoms with Crippen molar-refractivity contribution < 1.29 is 9.18 Å². The van der Waals surface area contributed by atoms with Crippen LogP contribution in [0.5, 0.6) is 0 Å². The van der Waals surface area contributed by atoms with Gasteiger partial charge in [-0.05, 0) is 48.7 Å². The maximum Gasteiger partial charge on any atom is 0.251 e. The van der Waals surface area contributed by atoms with Gasteiger partial charge in [-0.25, -0.2) is 9.37 Å². The summed E-state index contributed by atoms with van der Waals surface area (Å²) in [5.74, 6) is 0.489. The second-order valence-electron chi connectivity index (χ2n) is 7.73. The number of halogens is 1. The molecule has 0 bridgehead atoms. The average Bonchev–Trinajstić information content (AvgIpc) is 2.88. The minimum atomic E-state index is -0.226. The summed E-state index contributed by atoms with van der Waals surface area (Å²) in [5.41, 5.74) is 3.55. The fourth-order valence-corrected chi connectivity index (χ4v) is 4.80. The highest BCUT2D eigenvalue weighted by molar-refractivity contribution is 7.98. The van der Waals surface area contributed by atoms with Crippen LogP contribution in [-0.4, -0.2) is 21.5 Å². The minimum absolute atomic E-state index is 0.000477. The van der Waals surface area contributed by atoms with Gasteiger partial charge in [0.15, 0.2) is 5.16 Å². The van der Waals surface area contributed by atoms with Crippen LogP contribution in [0.2, 0.25) is 0 Å². The Morgan fingerprint density at radius 3 is 2.59 bits per heavy atom. The molecule has 0 aliphatic heterocycles. The fraction of sp³-hybridized carbons (Fsp3) is 0.391. The summed E-state index contributed by atoms with van der Waals surface area (Å²) in [6.45, 7) is 0. The molecule has 0 atom stereocenters. The molecule has 1 amide bonds. The predicted molar refractivity (Wildman–Crippen MR) is 116 cm³/mol. The second kappa shape index (κ2) is 8.99. The van der Waals surface area contributed by atoms with Crippen LogP contribution in [0.15, 0.2) is 47.6 Å². The molecule has 4 nitrogen and oxygen atoms in total. The van der Waals surface area contributed by atoms with Gasteiger partial charge in [-0.2, -0.15) is 0 Å². The third-order valence-electron chi connectivity index (χ3n) is 5.57. The first-order chi connectivity index (χ1) is 14.1. The lowest BCUT2D eigenvalue weighted by molar-refractivity contribution is 0.0933. The van der Waals surface area contributed by atoms with E-state index in [1.807, 2.05) is 29.8 Å². The second-order valence-corrected chi connectivity index (χ2v) is 8.68. The number of nitrogens with zero attached hydrogens (tertiary/aromatic N) is 2. The average molecular weight is 412 g/mol. The van der Waals surface area contributed by atoms with Gasteiger partial charge < -0.3 is 9.88 Å². The number of amides is 1. The van der Waals surface area contributed by atoms with E-state index in [0.717, 1.165) is 34.6 Å². The molecule has 1 aliphatic carbocycles. The SMILES string of the molecule is Cn1c(SCc2ccc(F)cc2)nc2ccc(C(=O)NC3CCCCCC3)cc21. The Kier molecular flexibility index (Phi) is 6.19. The number of imidazole rings is 1. The van der Waals surface area contributed by atoms with E-state index in [0.29, 0.717) is 11.3 Å². The first kappa shape index (κ1) is 20.0. The molecule has 2 aromatic carbocycles. The molecule has 152 valence electrons. The zero-order valence-corrected chi connectivity index (χ0v) is 17.5. The quantitative estimate of drug-likeness (QED) is 0.448. The van der Waals surface area contributed by atoms with Crippen LogP contribution >= 0.6 is 11.8 Å². The number of aryl methyl sites for hydroxylation is 1. The minimum Gasteiger partial charge on any atom is -0.349 e. The van der Waals surface area contributed by atoms with Gasteiger partial charge in [-0.3, -0.25) is 4.79 Å². The van der Waals surface area contributed by atoms with Gasteiger partial charge in [0.1, 0.15) is 5.82 Å². The molecule has 6 heteroatoms. The standard InChI is InChI=1S/C23H26FN3OS/c1-27-21-14-17(22(28)25-19-6-4-2-3-5-7-19)10-13-20(21)26-23(27)29-15-16-8-11-18(24)12-9-16/h8-14,19H,2-7,15H2,1H3,(H,25,28). The molecule has 1 fully saturated rings. The highest BCUT2D eigenvalue weighted by atomic mass is 32.2. The van der Waals surface area contributed by atoms with E-state index in [1.54, 1.807) is 23.9 Å². The zero-order chi connectivity index (χ0) is 20.2. The lowest BCUT2D eigenvalue weighted by Gasteiger charge is -2.16. The van der Waals surface area contributed by atoms with E-state index >= 15 is 0 Å². The molecule has 1 aliphatic rings. The Morgan fingerprint density at radius 2 is 1.86 bits per heavy atom. The van der Waals surface area contributed by atoms with E-state index in [2.05, 4.69) is 5.32 Å². The van der Waals surface area contributed by atoms with Crippen molar-refractivity contribution >= 4 is 28.7 Å². The first-order valence-corrected chi connectivity index (χ1v) is 11.2. The maximum atomic E-state index is 13.1. The third kappa shape index (κ3) is 4.81. The molecule has 1 saturated carbocycles. The number of fused-ring (bicyclic) bond motifs is 1. The van der Waals surface area contributed by atoms with Crippen molar-refractivity contribution in [2.45, 2.75) is 55.5 Å². The number of nitrogens with one attached hydrogen (secondary N) is 1. The molecule has 1 N–H and O–H groups in total. The van der Waals surface area contributed by atoms with Gasteiger partial charge in [-0.15, -0.1) is 0 Å². The van der Waals surface area contributed by atoms with E-state index in [1.165, 1.54) is 37.8 Å². The lowest BCUT2D eigenvalue weighted by atomic mass is 10.1. The van der Waals surface area contributed by atoms with Crippen molar-refractivity contribution in [3.8, 4) is 0 Å². The van der Waals surface area contributed by atoms with Crippen LogP contribution in [0.4, 0.5) is 4.39 Å². The fourth-order valence-electron chi connectivity index (χ4n) is 3.86. The number of thioether (sulfide) groups is 1. The van der Waals surface area contributed by atoms with Crippen LogP contribution in [0.3, 0.4) is 0 Å². The van der Waals surface area contributed by atoms with E-state index < -0.39 is 0 Å². The Labute approximate surface area is 174 Å². The molecule has 0 spiro atoms. The lowest BCUT2D eigenvalue weighted by Crippen LogP contribution is -2.34. The van der Waals surface area contributed by atoms with E-state index in [-0.39, 0.29) is 17.8 Å². The Morgan fingerprint density at radius 1 is 1.14 bits per heavy atom. The van der Waals surface area contributed by atoms with Crippen LogP contribution < -0.4 is 5.32 Å². The van der Waals surface area contributed by atoms with Crippen molar-refractivity contribution in [1.29, 1.82) is 0 Å². The van der Waals surface area contributed by atoms with Crippen molar-refractivity contribution in [1.82, 2.24) is 14.9 Å². The number of benzene rings is 2. The number of hydrogen-bond donors (Lipinski definition) is 1. The largest absolute Gasteiger partial charge is 0.349 e. The molecular formula is C23H26FN3OS. The Hall–Kier alpha value is -2.34. The molecular weight excluding hydrogens is 385 g/mol. The van der Waals surface area contributed by atoms with Crippen LogP contribution in [-0.2, 0) is 12.8 Å². The Balaban J connectivity index is 1.47. The smallest absolute Gasteiger partial charge is 0.251 e. The summed E-state index contributed by atoms with van der Waals surface area (Å²) in [5, 5.41) is 4.09. The summed E-state index contributed by atoms with van der Waals surface area (Å²) in [7, 11) is 1.97. The van der Waals surface area contributed by atoms with Crippen molar-refractivity contribution in [2.24, 2.45) is 7.05 Å². The monoisotopic (exact) mass is 411 g/mol. The topological polar surface area (TPSA) is 46.9 Å². The summed E-state index contributed by atoms with van der Waals surface area (Å²) in [6.07, 6.45) is 7.08. The summed E-state index contributed by atoms with van der Waals surface area (Å²) in [4.78, 5) is 17.4. The van der Waals surface area contributed by atoms with Crippen LogP contribution in [0.1, 0.15) is 54.4 Å². The van der Waals surface area contributed by atoms with E-state index in [4.69, 9.17) is 4.98 Å². The van der Waals surface area contributed by atoms with Gasteiger partial charge in [0.2, 0.25) is 0 Å². The summed E-state index contributed by atoms with van der Waals surface area (Å²) >= 11 is 1.61. The molecule has 0 unspecified atom stereocenters. The van der Waals surface area contributed by atoms with Gasteiger partial charge in [-0.1, -0.05) is 49.6 Å². The molecule has 0 saturated heterocycles. The molecule has 0 radical (unpaired) electrons. The van der Waals surface area contributed by atoms with Gasteiger partial charge in [0, 0.05) is 24.4 Å². The summed E-state index contributed by atoms with van der Waals surface area (Å²) in [6, 6.07) is 12.5. The Bertz CT molecular complexity index is 991. The molecule has 1 aromatic heterocycles. The normalized spacial score (nSPS) is 15.4. The van der Waals surface area contributed by atoms with Crippen molar-refractivity contribution in [2.75, 3.05) is 0 Å². The first-order valence-electron chi connectivity index (χ1n) is 10.2. The van der Waals surface area contributed by atoms with E-state index in [9.17, 15) is 9.18 Å². The molecule has 4 rings (SSSR count). The maximum absolute atomic E-state index is 13.1. The van der Waals surface area contributed by atoms with Gasteiger partial charge in [0.05, 0.1) is 11.0 Å². The van der Waals surface area contributed by atoms with Gasteiger partial charge >= 0.3 is 0 Å². The summed E-state index contributed by atoms with van der Waals surface area (Å²) < 4.78 is 15.1. The number of carbonyl (C=O) groups excluding carboxylic acids is 1.